The van der Waals surface area contributed by atoms with E-state index in [0.717, 1.165) is 24.3 Å². The Labute approximate surface area is 140 Å². The number of piperazine rings is 1. The standard InChI is InChI=1S/C17H28N2O2.ClH/c1-2-18-10-12-19(13-11-18)9-5-6-14-21-17-8-4-3-7-16(17)15-20;/h3-4,7-8,20H,2,5-6,9-15H2,1H3;1H. The summed E-state index contributed by atoms with van der Waals surface area (Å²) in [5.74, 6) is 0.816. The molecule has 0 saturated carbocycles. The fourth-order valence-corrected chi connectivity index (χ4v) is 2.72. The first-order chi connectivity index (χ1) is 10.3. The molecule has 1 heterocycles. The number of likely N-dealkylation sites (N-methyl/N-ethyl adjacent to an activating group) is 1. The molecule has 0 unspecified atom stereocenters. The Kier molecular flexibility index (Phi) is 9.48. The minimum absolute atomic E-state index is 0. The van der Waals surface area contributed by atoms with Crippen molar-refractivity contribution in [2.24, 2.45) is 0 Å². The molecule has 0 radical (unpaired) electrons. The zero-order valence-electron chi connectivity index (χ0n) is 13.5. The molecule has 1 fully saturated rings. The number of ether oxygens (including phenoxy) is 1. The summed E-state index contributed by atoms with van der Waals surface area (Å²) in [6.45, 7) is 10.1. The molecule has 5 heteroatoms. The molecule has 1 aromatic rings. The molecule has 126 valence electrons. The average molecular weight is 329 g/mol. The van der Waals surface area contributed by atoms with Crippen LogP contribution >= 0.6 is 12.4 Å². The highest BCUT2D eigenvalue weighted by atomic mass is 35.5. The van der Waals surface area contributed by atoms with Crippen molar-refractivity contribution in [2.75, 3.05) is 45.9 Å². The second kappa shape index (κ2) is 10.8. The van der Waals surface area contributed by atoms with E-state index < -0.39 is 0 Å². The molecule has 0 atom stereocenters. The first kappa shape index (κ1) is 19.2. The van der Waals surface area contributed by atoms with E-state index in [1.54, 1.807) is 0 Å². The smallest absolute Gasteiger partial charge is 0.124 e. The Hall–Kier alpha value is -0.810. The van der Waals surface area contributed by atoms with E-state index in [1.165, 1.54) is 45.7 Å². The van der Waals surface area contributed by atoms with Crippen molar-refractivity contribution in [2.45, 2.75) is 26.4 Å². The molecule has 2 rings (SSSR count). The van der Waals surface area contributed by atoms with Crippen molar-refractivity contribution in [3.63, 3.8) is 0 Å². The third kappa shape index (κ3) is 6.13. The molecular formula is C17H29ClN2O2. The third-order valence-corrected chi connectivity index (χ3v) is 4.18. The summed E-state index contributed by atoms with van der Waals surface area (Å²) < 4.78 is 5.77. The molecular weight excluding hydrogens is 300 g/mol. The first-order valence-electron chi connectivity index (χ1n) is 8.09. The van der Waals surface area contributed by atoms with Gasteiger partial charge in [0.1, 0.15) is 5.75 Å². The molecule has 0 aliphatic carbocycles. The normalized spacial score (nSPS) is 16.3. The van der Waals surface area contributed by atoms with Crippen molar-refractivity contribution in [1.82, 2.24) is 9.80 Å². The van der Waals surface area contributed by atoms with Gasteiger partial charge < -0.3 is 19.6 Å². The number of benzene rings is 1. The van der Waals surface area contributed by atoms with Gasteiger partial charge >= 0.3 is 0 Å². The molecule has 0 spiro atoms. The van der Waals surface area contributed by atoms with Crippen molar-refractivity contribution in [3.8, 4) is 5.75 Å². The molecule has 22 heavy (non-hydrogen) atoms. The highest BCUT2D eigenvalue weighted by Crippen LogP contribution is 2.17. The highest BCUT2D eigenvalue weighted by molar-refractivity contribution is 5.85. The van der Waals surface area contributed by atoms with Crippen LogP contribution in [0.4, 0.5) is 0 Å². The van der Waals surface area contributed by atoms with E-state index in [9.17, 15) is 5.11 Å². The number of hydrogen-bond acceptors (Lipinski definition) is 4. The van der Waals surface area contributed by atoms with Crippen molar-refractivity contribution in [3.05, 3.63) is 29.8 Å². The zero-order valence-corrected chi connectivity index (χ0v) is 14.4. The lowest BCUT2D eigenvalue weighted by Crippen LogP contribution is -2.46. The first-order valence-corrected chi connectivity index (χ1v) is 8.09. The fraction of sp³-hybridized carbons (Fsp3) is 0.647. The van der Waals surface area contributed by atoms with Crippen molar-refractivity contribution in [1.29, 1.82) is 0 Å². The quantitative estimate of drug-likeness (QED) is 0.743. The van der Waals surface area contributed by atoms with Crippen LogP contribution in [0.3, 0.4) is 0 Å². The van der Waals surface area contributed by atoms with E-state index >= 15 is 0 Å². The topological polar surface area (TPSA) is 35.9 Å². The Balaban J connectivity index is 0.00000242. The molecule has 0 bridgehead atoms. The highest BCUT2D eigenvalue weighted by Gasteiger charge is 2.14. The summed E-state index contributed by atoms with van der Waals surface area (Å²) in [4.78, 5) is 5.05. The number of halogens is 1. The Morgan fingerprint density at radius 3 is 2.41 bits per heavy atom. The number of hydrogen-bond donors (Lipinski definition) is 1. The largest absolute Gasteiger partial charge is 0.493 e. The van der Waals surface area contributed by atoms with Crippen LogP contribution in [0.5, 0.6) is 5.75 Å². The van der Waals surface area contributed by atoms with Gasteiger partial charge in [-0.2, -0.15) is 0 Å². The van der Waals surface area contributed by atoms with Crippen LogP contribution in [0.2, 0.25) is 0 Å². The number of para-hydroxylation sites is 1. The lowest BCUT2D eigenvalue weighted by atomic mass is 10.2. The zero-order chi connectivity index (χ0) is 14.9. The van der Waals surface area contributed by atoms with Gasteiger partial charge in [0.25, 0.3) is 0 Å². The van der Waals surface area contributed by atoms with E-state index in [0.29, 0.717) is 0 Å². The molecule has 0 amide bonds. The lowest BCUT2D eigenvalue weighted by Gasteiger charge is -2.33. The van der Waals surface area contributed by atoms with Crippen LogP contribution in [0.15, 0.2) is 24.3 Å². The van der Waals surface area contributed by atoms with Crippen LogP contribution in [0.25, 0.3) is 0 Å². The minimum Gasteiger partial charge on any atom is -0.493 e. The fourth-order valence-electron chi connectivity index (χ4n) is 2.72. The predicted octanol–water partition coefficient (Wildman–Crippen LogP) is 2.40. The van der Waals surface area contributed by atoms with Gasteiger partial charge in [-0.3, -0.25) is 0 Å². The van der Waals surface area contributed by atoms with Gasteiger partial charge in [0.2, 0.25) is 0 Å². The molecule has 0 aromatic heterocycles. The Bertz CT molecular complexity index is 409. The average Bonchev–Trinajstić information content (AvgIpc) is 2.55. The van der Waals surface area contributed by atoms with Gasteiger partial charge in [0.15, 0.2) is 0 Å². The molecule has 1 aliphatic rings. The summed E-state index contributed by atoms with van der Waals surface area (Å²) in [7, 11) is 0. The SMILES string of the molecule is CCN1CCN(CCCCOc2ccccc2CO)CC1.Cl. The summed E-state index contributed by atoms with van der Waals surface area (Å²) in [6, 6.07) is 7.70. The van der Waals surface area contributed by atoms with E-state index in [2.05, 4.69) is 16.7 Å². The van der Waals surface area contributed by atoms with Crippen LogP contribution in [-0.2, 0) is 6.61 Å². The molecule has 1 saturated heterocycles. The van der Waals surface area contributed by atoms with Gasteiger partial charge in [0, 0.05) is 31.7 Å². The molecule has 1 aromatic carbocycles. The number of aliphatic hydroxyl groups is 1. The maximum Gasteiger partial charge on any atom is 0.124 e. The molecule has 1 aliphatic heterocycles. The minimum atomic E-state index is 0. The van der Waals surface area contributed by atoms with Crippen molar-refractivity contribution >= 4 is 12.4 Å². The number of nitrogens with zero attached hydrogens (tertiary/aromatic N) is 2. The molecule has 4 nitrogen and oxygen atoms in total. The second-order valence-corrected chi connectivity index (χ2v) is 5.60. The lowest BCUT2D eigenvalue weighted by molar-refractivity contribution is 0.134. The number of unbranched alkanes of at least 4 members (excludes halogenated alkanes) is 1. The van der Waals surface area contributed by atoms with Crippen LogP contribution in [0, 0.1) is 0 Å². The summed E-state index contributed by atoms with van der Waals surface area (Å²) >= 11 is 0. The van der Waals surface area contributed by atoms with Crippen molar-refractivity contribution < 1.29 is 9.84 Å². The summed E-state index contributed by atoms with van der Waals surface area (Å²) in [5.41, 5.74) is 0.869. The monoisotopic (exact) mass is 328 g/mol. The Morgan fingerprint density at radius 2 is 1.73 bits per heavy atom. The van der Waals surface area contributed by atoms with Crippen LogP contribution in [0.1, 0.15) is 25.3 Å². The van der Waals surface area contributed by atoms with Crippen LogP contribution in [-0.4, -0.2) is 60.8 Å². The van der Waals surface area contributed by atoms with E-state index in [4.69, 9.17) is 4.74 Å². The van der Waals surface area contributed by atoms with Gasteiger partial charge in [-0.1, -0.05) is 25.1 Å². The number of rotatable bonds is 8. The van der Waals surface area contributed by atoms with Gasteiger partial charge in [0.05, 0.1) is 13.2 Å². The second-order valence-electron chi connectivity index (χ2n) is 5.60. The Morgan fingerprint density at radius 1 is 1.05 bits per heavy atom. The van der Waals surface area contributed by atoms with E-state index in [1.807, 2.05) is 24.3 Å². The van der Waals surface area contributed by atoms with Gasteiger partial charge in [-0.25, -0.2) is 0 Å². The molecule has 1 N–H and O–H groups in total. The maximum atomic E-state index is 9.24. The predicted molar refractivity (Wildman–Crippen MR) is 92.9 cm³/mol. The summed E-state index contributed by atoms with van der Waals surface area (Å²) in [6.07, 6.45) is 2.24. The van der Waals surface area contributed by atoms with Gasteiger partial charge in [-0.05, 0) is 32.0 Å². The maximum absolute atomic E-state index is 9.24. The van der Waals surface area contributed by atoms with Crippen LogP contribution < -0.4 is 4.74 Å². The van der Waals surface area contributed by atoms with E-state index in [-0.39, 0.29) is 19.0 Å². The summed E-state index contributed by atoms with van der Waals surface area (Å²) in [5, 5.41) is 9.24. The number of aliphatic hydroxyl groups excluding tert-OH is 1. The van der Waals surface area contributed by atoms with Gasteiger partial charge in [-0.15, -0.1) is 12.4 Å². The third-order valence-electron chi connectivity index (χ3n) is 4.18.